The molecular weight excluding hydrogens is 353 g/mol. The minimum absolute atomic E-state index is 0.0860. The van der Waals surface area contributed by atoms with Crippen molar-refractivity contribution in [3.63, 3.8) is 0 Å². The molecule has 0 fully saturated rings. The highest BCUT2D eigenvalue weighted by atomic mass is 35.5. The van der Waals surface area contributed by atoms with Gasteiger partial charge in [0.05, 0.1) is 13.2 Å². The summed E-state index contributed by atoms with van der Waals surface area (Å²) in [6.07, 6.45) is 0. The smallest absolute Gasteiger partial charge is 0.288 e. The molecule has 0 aliphatic carbocycles. The Bertz CT molecular complexity index is 678. The third-order valence-corrected chi connectivity index (χ3v) is 3.97. The molecule has 0 bridgehead atoms. The number of thioether (sulfide) groups is 1. The van der Waals surface area contributed by atoms with Crippen LogP contribution in [-0.4, -0.2) is 16.0 Å². The Hall–Kier alpha value is -1.41. The molecule has 23 heavy (non-hydrogen) atoms. The quantitative estimate of drug-likeness (QED) is 0.737. The maximum absolute atomic E-state index is 13.3. The summed E-state index contributed by atoms with van der Waals surface area (Å²) in [5.41, 5.74) is 0.288. The summed E-state index contributed by atoms with van der Waals surface area (Å²) in [5, 5.41) is 19.0. The molecule has 2 rings (SSSR count). The van der Waals surface area contributed by atoms with Gasteiger partial charge in [-0.3, -0.25) is 0 Å². The van der Waals surface area contributed by atoms with Crippen LogP contribution < -0.4 is 4.74 Å². The second kappa shape index (κ2) is 7.92. The molecular formula is C15H12ClF3O3S. The highest BCUT2D eigenvalue weighted by Gasteiger charge is 2.17. The second-order valence-electron chi connectivity index (χ2n) is 4.42. The summed E-state index contributed by atoms with van der Waals surface area (Å²) in [7, 11) is 0. The Morgan fingerprint density at radius 1 is 1.09 bits per heavy atom. The number of halogens is 4. The van der Waals surface area contributed by atoms with E-state index in [2.05, 4.69) is 0 Å². The minimum atomic E-state index is -2.67. The van der Waals surface area contributed by atoms with E-state index in [0.717, 1.165) is 12.1 Å². The zero-order valence-corrected chi connectivity index (χ0v) is 13.2. The maximum atomic E-state index is 13.3. The second-order valence-corrected chi connectivity index (χ2v) is 5.89. The van der Waals surface area contributed by atoms with E-state index in [4.69, 9.17) is 16.3 Å². The molecule has 0 amide bonds. The van der Waals surface area contributed by atoms with Gasteiger partial charge in [-0.05, 0) is 24.3 Å². The molecule has 0 aliphatic rings. The molecule has 124 valence electrons. The molecule has 0 aliphatic heterocycles. The highest BCUT2D eigenvalue weighted by molar-refractivity contribution is 7.99. The van der Waals surface area contributed by atoms with Gasteiger partial charge < -0.3 is 14.9 Å². The summed E-state index contributed by atoms with van der Waals surface area (Å²) in [5.74, 6) is -3.06. The third kappa shape index (κ3) is 4.54. The number of aliphatic hydroxyl groups is 2. The van der Waals surface area contributed by atoms with Crippen molar-refractivity contribution < 1.29 is 28.1 Å². The van der Waals surface area contributed by atoms with Crippen molar-refractivity contribution in [1.29, 1.82) is 0 Å². The molecule has 0 radical (unpaired) electrons. The van der Waals surface area contributed by atoms with Crippen LogP contribution in [0.1, 0.15) is 11.1 Å². The lowest BCUT2D eigenvalue weighted by atomic mass is 10.1. The van der Waals surface area contributed by atoms with E-state index in [9.17, 15) is 23.4 Å². The molecule has 0 atom stereocenters. The predicted octanol–water partition coefficient (Wildman–Crippen LogP) is 4.57. The van der Waals surface area contributed by atoms with Crippen molar-refractivity contribution in [3.05, 3.63) is 52.3 Å². The lowest BCUT2D eigenvalue weighted by molar-refractivity contribution is 0.248. The largest absolute Gasteiger partial charge is 0.457 e. The standard InChI is InChI=1S/C15H12ClF3O3S/c16-8-3-9(17)5-10(4-8)22-13-1-2-14(23-15(18)19)12(7-21)11(13)6-20/h1-5,15,20-21H,6-7H2. The van der Waals surface area contributed by atoms with Gasteiger partial charge in [-0.25, -0.2) is 4.39 Å². The number of ether oxygens (including phenoxy) is 1. The van der Waals surface area contributed by atoms with E-state index in [1.807, 2.05) is 0 Å². The van der Waals surface area contributed by atoms with Crippen molar-refractivity contribution in [2.45, 2.75) is 23.9 Å². The van der Waals surface area contributed by atoms with Gasteiger partial charge >= 0.3 is 0 Å². The Morgan fingerprint density at radius 2 is 1.78 bits per heavy atom. The monoisotopic (exact) mass is 364 g/mol. The number of hydrogen-bond acceptors (Lipinski definition) is 4. The van der Waals surface area contributed by atoms with Crippen molar-refractivity contribution in [2.24, 2.45) is 0 Å². The summed E-state index contributed by atoms with van der Waals surface area (Å²) >= 11 is 5.99. The van der Waals surface area contributed by atoms with Gasteiger partial charge in [0.15, 0.2) is 0 Å². The van der Waals surface area contributed by atoms with Crippen LogP contribution in [0, 0.1) is 5.82 Å². The predicted molar refractivity (Wildman–Crippen MR) is 81.6 cm³/mol. The zero-order chi connectivity index (χ0) is 17.0. The van der Waals surface area contributed by atoms with E-state index in [-0.39, 0.29) is 44.3 Å². The summed E-state index contributed by atoms with van der Waals surface area (Å²) in [6, 6.07) is 6.27. The summed E-state index contributed by atoms with van der Waals surface area (Å²) in [4.78, 5) is 0.135. The molecule has 2 aromatic rings. The average Bonchev–Trinajstić information content (AvgIpc) is 2.46. The number of rotatable bonds is 6. The molecule has 8 heteroatoms. The van der Waals surface area contributed by atoms with E-state index in [1.54, 1.807) is 0 Å². The maximum Gasteiger partial charge on any atom is 0.288 e. The third-order valence-electron chi connectivity index (χ3n) is 2.94. The first-order valence-corrected chi connectivity index (χ1v) is 7.65. The number of hydrogen-bond donors (Lipinski definition) is 2. The van der Waals surface area contributed by atoms with Crippen LogP contribution in [0.25, 0.3) is 0 Å². The fourth-order valence-electron chi connectivity index (χ4n) is 2.01. The minimum Gasteiger partial charge on any atom is -0.457 e. The fraction of sp³-hybridized carbons (Fsp3) is 0.200. The van der Waals surface area contributed by atoms with Crippen LogP contribution in [0.2, 0.25) is 5.02 Å². The van der Waals surface area contributed by atoms with Crippen LogP contribution in [0.5, 0.6) is 11.5 Å². The molecule has 0 spiro atoms. The van der Waals surface area contributed by atoms with E-state index in [0.29, 0.717) is 0 Å². The van der Waals surface area contributed by atoms with Gasteiger partial charge in [-0.15, -0.1) is 0 Å². The molecule has 0 aromatic heterocycles. The van der Waals surface area contributed by atoms with Crippen molar-refractivity contribution in [1.82, 2.24) is 0 Å². The van der Waals surface area contributed by atoms with Crippen LogP contribution >= 0.6 is 23.4 Å². The van der Waals surface area contributed by atoms with E-state index >= 15 is 0 Å². The Labute approximate surface area is 139 Å². The fourth-order valence-corrected chi connectivity index (χ4v) is 2.89. The normalized spacial score (nSPS) is 11.1. The van der Waals surface area contributed by atoms with Crippen LogP contribution in [0.15, 0.2) is 35.2 Å². The van der Waals surface area contributed by atoms with Crippen molar-refractivity contribution >= 4 is 23.4 Å². The zero-order valence-electron chi connectivity index (χ0n) is 11.6. The summed E-state index contributed by atoms with van der Waals surface area (Å²) < 4.78 is 43.9. The van der Waals surface area contributed by atoms with Crippen LogP contribution in [0.3, 0.4) is 0 Å². The topological polar surface area (TPSA) is 49.7 Å². The first kappa shape index (κ1) is 17.9. The molecule has 2 aromatic carbocycles. The van der Waals surface area contributed by atoms with Gasteiger partial charge in [0, 0.05) is 27.1 Å². The van der Waals surface area contributed by atoms with Crippen molar-refractivity contribution in [2.75, 3.05) is 0 Å². The van der Waals surface area contributed by atoms with Crippen molar-refractivity contribution in [3.8, 4) is 11.5 Å². The first-order valence-electron chi connectivity index (χ1n) is 6.39. The first-order chi connectivity index (χ1) is 10.9. The number of alkyl halides is 2. The molecule has 3 nitrogen and oxygen atoms in total. The van der Waals surface area contributed by atoms with E-state index in [1.165, 1.54) is 18.2 Å². The lowest BCUT2D eigenvalue weighted by Crippen LogP contribution is -2.01. The van der Waals surface area contributed by atoms with Gasteiger partial charge in [0.1, 0.15) is 17.3 Å². The SMILES string of the molecule is OCc1c(Oc2cc(F)cc(Cl)c2)ccc(SC(F)F)c1CO. The Balaban J connectivity index is 2.42. The van der Waals surface area contributed by atoms with Crippen LogP contribution in [0.4, 0.5) is 13.2 Å². The number of aliphatic hydroxyl groups excluding tert-OH is 2. The lowest BCUT2D eigenvalue weighted by Gasteiger charge is -2.16. The van der Waals surface area contributed by atoms with Gasteiger partial charge in [-0.1, -0.05) is 23.4 Å². The Kier molecular flexibility index (Phi) is 6.17. The molecule has 2 N–H and O–H groups in total. The number of benzene rings is 2. The molecule has 0 saturated heterocycles. The Morgan fingerprint density at radius 3 is 2.35 bits per heavy atom. The van der Waals surface area contributed by atoms with Gasteiger partial charge in [-0.2, -0.15) is 8.78 Å². The highest BCUT2D eigenvalue weighted by Crippen LogP contribution is 2.37. The van der Waals surface area contributed by atoms with E-state index < -0.39 is 24.8 Å². The molecule has 0 saturated carbocycles. The summed E-state index contributed by atoms with van der Waals surface area (Å²) in [6.45, 7) is -1.09. The van der Waals surface area contributed by atoms with Gasteiger partial charge in [0.2, 0.25) is 0 Å². The molecule has 0 heterocycles. The average molecular weight is 365 g/mol. The van der Waals surface area contributed by atoms with Crippen LogP contribution in [-0.2, 0) is 13.2 Å². The molecule has 0 unspecified atom stereocenters. The van der Waals surface area contributed by atoms with Gasteiger partial charge in [0.25, 0.3) is 5.76 Å².